The second-order valence-corrected chi connectivity index (χ2v) is 6.24. The molecule has 0 saturated carbocycles. The van der Waals surface area contributed by atoms with Gasteiger partial charge in [0.15, 0.2) is 0 Å². The summed E-state index contributed by atoms with van der Waals surface area (Å²) in [4.78, 5) is 39.7. The zero-order valence-electron chi connectivity index (χ0n) is 14.9. The summed E-state index contributed by atoms with van der Waals surface area (Å²) < 4.78 is 7.81. The van der Waals surface area contributed by atoms with Gasteiger partial charge in [-0.05, 0) is 19.1 Å². The number of amides is 1. The third-order valence-corrected chi connectivity index (χ3v) is 4.60. The van der Waals surface area contributed by atoms with E-state index in [0.717, 1.165) is 24.2 Å². The van der Waals surface area contributed by atoms with Gasteiger partial charge in [-0.2, -0.15) is 0 Å². The Bertz CT molecular complexity index is 896. The zero-order chi connectivity index (χ0) is 18.5. The van der Waals surface area contributed by atoms with E-state index in [0.29, 0.717) is 37.2 Å². The van der Waals surface area contributed by atoms with E-state index in [-0.39, 0.29) is 12.5 Å². The van der Waals surface area contributed by atoms with Gasteiger partial charge in [-0.15, -0.1) is 0 Å². The Hall–Kier alpha value is -2.45. The van der Waals surface area contributed by atoms with Crippen molar-refractivity contribution in [3.8, 4) is 0 Å². The third-order valence-electron chi connectivity index (χ3n) is 4.60. The van der Waals surface area contributed by atoms with Crippen LogP contribution in [0.3, 0.4) is 0 Å². The van der Waals surface area contributed by atoms with Crippen molar-refractivity contribution in [1.82, 2.24) is 19.4 Å². The van der Waals surface area contributed by atoms with Crippen molar-refractivity contribution in [2.24, 2.45) is 0 Å². The molecule has 2 heterocycles. The molecule has 1 amide bonds. The van der Waals surface area contributed by atoms with Gasteiger partial charge in [0.05, 0.1) is 24.1 Å². The van der Waals surface area contributed by atoms with Crippen molar-refractivity contribution in [2.75, 3.05) is 39.4 Å². The van der Waals surface area contributed by atoms with Crippen molar-refractivity contribution >= 4 is 16.8 Å². The lowest BCUT2D eigenvalue weighted by Gasteiger charge is -2.26. The molecule has 8 heteroatoms. The Kier molecular flexibility index (Phi) is 5.85. The van der Waals surface area contributed by atoms with Gasteiger partial charge < -0.3 is 10.1 Å². The minimum atomic E-state index is -0.459. The summed E-state index contributed by atoms with van der Waals surface area (Å²) in [5.74, 6) is -0.338. The van der Waals surface area contributed by atoms with Crippen molar-refractivity contribution in [3.05, 3.63) is 45.1 Å². The summed E-state index contributed by atoms with van der Waals surface area (Å²) in [6.45, 7) is 6.30. The number of carbonyl (C=O) groups is 1. The summed E-state index contributed by atoms with van der Waals surface area (Å²) in [6, 6.07) is 6.96. The van der Waals surface area contributed by atoms with Gasteiger partial charge in [0.1, 0.15) is 6.54 Å². The Balaban J connectivity index is 1.72. The molecule has 26 heavy (non-hydrogen) atoms. The van der Waals surface area contributed by atoms with E-state index in [1.807, 2.05) is 6.92 Å². The molecule has 1 aliphatic rings. The van der Waals surface area contributed by atoms with Crippen LogP contribution in [-0.2, 0) is 22.6 Å². The summed E-state index contributed by atoms with van der Waals surface area (Å²) in [5.41, 5.74) is -0.299. The number of nitrogens with zero attached hydrogens (tertiary/aromatic N) is 3. The van der Waals surface area contributed by atoms with Crippen LogP contribution in [0.25, 0.3) is 10.9 Å². The second kappa shape index (κ2) is 8.29. The number of nitrogens with one attached hydrogen (secondary N) is 1. The molecule has 1 aromatic carbocycles. The van der Waals surface area contributed by atoms with Crippen LogP contribution < -0.4 is 16.6 Å². The van der Waals surface area contributed by atoms with Gasteiger partial charge in [-0.1, -0.05) is 12.1 Å². The van der Waals surface area contributed by atoms with Crippen LogP contribution in [-0.4, -0.2) is 59.3 Å². The fraction of sp³-hybridized carbons (Fsp3) is 0.500. The molecule has 3 rings (SSSR count). The maximum Gasteiger partial charge on any atom is 0.331 e. The van der Waals surface area contributed by atoms with Gasteiger partial charge in [0.2, 0.25) is 5.91 Å². The number of benzene rings is 1. The van der Waals surface area contributed by atoms with E-state index in [9.17, 15) is 14.4 Å². The SMILES string of the molecule is CCn1c(=O)n(CC(=O)NCCN2CCOCC2)c(=O)c2ccccc21. The number of para-hydroxylation sites is 1. The molecule has 1 N–H and O–H groups in total. The van der Waals surface area contributed by atoms with Gasteiger partial charge in [0.25, 0.3) is 5.56 Å². The molecule has 0 aliphatic carbocycles. The van der Waals surface area contributed by atoms with E-state index in [2.05, 4.69) is 10.2 Å². The first-order chi connectivity index (χ1) is 12.6. The smallest absolute Gasteiger partial charge is 0.331 e. The fourth-order valence-corrected chi connectivity index (χ4v) is 3.19. The molecule has 0 spiro atoms. The lowest BCUT2D eigenvalue weighted by molar-refractivity contribution is -0.121. The minimum Gasteiger partial charge on any atom is -0.379 e. The molecule has 0 unspecified atom stereocenters. The number of hydrogen-bond donors (Lipinski definition) is 1. The van der Waals surface area contributed by atoms with Crippen LogP contribution in [0.1, 0.15) is 6.92 Å². The van der Waals surface area contributed by atoms with Crippen molar-refractivity contribution in [1.29, 1.82) is 0 Å². The first kappa shape index (κ1) is 18.3. The number of hydrogen-bond acceptors (Lipinski definition) is 5. The maximum absolute atomic E-state index is 12.6. The minimum absolute atomic E-state index is 0.272. The van der Waals surface area contributed by atoms with Crippen LogP contribution >= 0.6 is 0 Å². The molecule has 0 atom stereocenters. The molecular formula is C18H24N4O4. The highest BCUT2D eigenvalue weighted by Gasteiger charge is 2.15. The maximum atomic E-state index is 12.6. The Morgan fingerprint density at radius 3 is 2.62 bits per heavy atom. The van der Waals surface area contributed by atoms with Gasteiger partial charge in [-0.3, -0.25) is 23.6 Å². The Morgan fingerprint density at radius 2 is 1.88 bits per heavy atom. The highest BCUT2D eigenvalue weighted by Crippen LogP contribution is 2.07. The lowest BCUT2D eigenvalue weighted by atomic mass is 10.2. The van der Waals surface area contributed by atoms with Crippen LogP contribution in [0.2, 0.25) is 0 Å². The standard InChI is InChI=1S/C18H24N4O4/c1-2-21-15-6-4-3-5-14(15)17(24)22(18(21)25)13-16(23)19-7-8-20-9-11-26-12-10-20/h3-6H,2,7-13H2,1H3,(H,19,23). The van der Waals surface area contributed by atoms with Crippen molar-refractivity contribution in [3.63, 3.8) is 0 Å². The van der Waals surface area contributed by atoms with Gasteiger partial charge in [0, 0.05) is 32.7 Å². The largest absolute Gasteiger partial charge is 0.379 e. The predicted molar refractivity (Wildman–Crippen MR) is 98.4 cm³/mol. The van der Waals surface area contributed by atoms with E-state index >= 15 is 0 Å². The summed E-state index contributed by atoms with van der Waals surface area (Å²) in [5, 5.41) is 3.23. The molecule has 0 bridgehead atoms. The molecule has 1 aliphatic heterocycles. The summed E-state index contributed by atoms with van der Waals surface area (Å²) >= 11 is 0. The van der Waals surface area contributed by atoms with E-state index in [1.54, 1.807) is 24.3 Å². The molecule has 1 fully saturated rings. The molecule has 1 aromatic heterocycles. The number of carbonyl (C=O) groups excluding carboxylic acids is 1. The first-order valence-corrected chi connectivity index (χ1v) is 8.91. The monoisotopic (exact) mass is 360 g/mol. The average molecular weight is 360 g/mol. The Morgan fingerprint density at radius 1 is 1.15 bits per heavy atom. The zero-order valence-corrected chi connectivity index (χ0v) is 14.9. The highest BCUT2D eigenvalue weighted by molar-refractivity contribution is 5.79. The number of aromatic nitrogens is 2. The van der Waals surface area contributed by atoms with Crippen LogP contribution in [0.4, 0.5) is 0 Å². The normalized spacial score (nSPS) is 15.3. The van der Waals surface area contributed by atoms with Gasteiger partial charge in [-0.25, -0.2) is 4.79 Å². The molecule has 2 aromatic rings. The third kappa shape index (κ3) is 3.86. The number of rotatable bonds is 6. The molecule has 1 saturated heterocycles. The lowest BCUT2D eigenvalue weighted by Crippen LogP contribution is -2.45. The molecular weight excluding hydrogens is 336 g/mol. The Labute approximate surface area is 151 Å². The number of fused-ring (bicyclic) bond motifs is 1. The van der Waals surface area contributed by atoms with Crippen LogP contribution in [0, 0.1) is 0 Å². The molecule has 140 valence electrons. The topological polar surface area (TPSA) is 85.6 Å². The number of aryl methyl sites for hydroxylation is 1. The van der Waals surface area contributed by atoms with Crippen molar-refractivity contribution in [2.45, 2.75) is 20.0 Å². The van der Waals surface area contributed by atoms with Crippen LogP contribution in [0.15, 0.2) is 33.9 Å². The van der Waals surface area contributed by atoms with Gasteiger partial charge >= 0.3 is 5.69 Å². The second-order valence-electron chi connectivity index (χ2n) is 6.24. The van der Waals surface area contributed by atoms with E-state index in [1.165, 1.54) is 4.57 Å². The van der Waals surface area contributed by atoms with Crippen molar-refractivity contribution < 1.29 is 9.53 Å². The van der Waals surface area contributed by atoms with Crippen LogP contribution in [0.5, 0.6) is 0 Å². The summed E-state index contributed by atoms with van der Waals surface area (Å²) in [6.07, 6.45) is 0. The van der Waals surface area contributed by atoms with E-state index in [4.69, 9.17) is 4.74 Å². The quantitative estimate of drug-likeness (QED) is 0.760. The number of ether oxygens (including phenoxy) is 1. The fourth-order valence-electron chi connectivity index (χ4n) is 3.19. The first-order valence-electron chi connectivity index (χ1n) is 8.91. The molecule has 8 nitrogen and oxygen atoms in total. The van der Waals surface area contributed by atoms with E-state index < -0.39 is 11.2 Å². The summed E-state index contributed by atoms with van der Waals surface area (Å²) in [7, 11) is 0. The number of morpholine rings is 1. The predicted octanol–water partition coefficient (Wildman–Crippen LogP) is -0.368. The average Bonchev–Trinajstić information content (AvgIpc) is 2.66. The molecule has 0 radical (unpaired) electrons. The highest BCUT2D eigenvalue weighted by atomic mass is 16.5.